The molecule has 96 valence electrons. The first-order valence-electron chi connectivity index (χ1n) is 5.05. The Labute approximate surface area is 99.9 Å². The molecule has 2 aromatic rings. The largest absolute Gasteiger partial charge is 0.416 e. The minimum atomic E-state index is -4.49. The van der Waals surface area contributed by atoms with Gasteiger partial charge >= 0.3 is 6.18 Å². The van der Waals surface area contributed by atoms with Gasteiger partial charge in [0.05, 0.1) is 17.8 Å². The number of hydrogen-bond acceptors (Lipinski definition) is 2. The Balaban J connectivity index is 2.16. The minimum absolute atomic E-state index is 0.116. The maximum atomic E-state index is 13.3. The molecule has 0 atom stereocenters. The van der Waals surface area contributed by atoms with Crippen molar-refractivity contribution in [3.05, 3.63) is 47.8 Å². The lowest BCUT2D eigenvalue weighted by Crippen LogP contribution is -2.08. The Morgan fingerprint density at radius 1 is 1.28 bits per heavy atom. The van der Waals surface area contributed by atoms with Crippen LogP contribution < -0.4 is 5.32 Å². The highest BCUT2D eigenvalue weighted by Gasteiger charge is 2.31. The molecule has 3 nitrogen and oxygen atoms in total. The third kappa shape index (κ3) is 2.79. The summed E-state index contributed by atoms with van der Waals surface area (Å²) >= 11 is 0. The van der Waals surface area contributed by atoms with Crippen LogP contribution in [0.1, 0.15) is 11.4 Å². The number of hydrogen-bond donors (Lipinski definition) is 2. The zero-order valence-corrected chi connectivity index (χ0v) is 9.05. The van der Waals surface area contributed by atoms with Gasteiger partial charge in [-0.1, -0.05) is 0 Å². The predicted octanol–water partition coefficient (Wildman–Crippen LogP) is 3.18. The molecule has 0 spiro atoms. The molecule has 7 heteroatoms. The minimum Gasteiger partial charge on any atom is -0.375 e. The van der Waals surface area contributed by atoms with Gasteiger partial charge in [0.25, 0.3) is 0 Å². The second-order valence-corrected chi connectivity index (χ2v) is 3.58. The van der Waals surface area contributed by atoms with Gasteiger partial charge in [0.15, 0.2) is 0 Å². The van der Waals surface area contributed by atoms with Gasteiger partial charge in [-0.05, 0) is 18.2 Å². The zero-order chi connectivity index (χ0) is 13.2. The van der Waals surface area contributed by atoms with Crippen LogP contribution in [-0.4, -0.2) is 9.97 Å². The quantitative estimate of drug-likeness (QED) is 0.831. The number of imidazole rings is 1. The molecule has 0 amide bonds. The first kappa shape index (κ1) is 12.4. The fourth-order valence-corrected chi connectivity index (χ4v) is 1.41. The molecule has 2 rings (SSSR count). The number of nitrogens with one attached hydrogen (secondary N) is 2. The van der Waals surface area contributed by atoms with E-state index in [1.54, 1.807) is 6.20 Å². The van der Waals surface area contributed by atoms with Crippen LogP contribution in [0.2, 0.25) is 0 Å². The highest BCUT2D eigenvalue weighted by molar-refractivity contribution is 5.48. The van der Waals surface area contributed by atoms with Crippen LogP contribution in [0.15, 0.2) is 30.6 Å². The molecular weight excluding hydrogens is 250 g/mol. The first-order valence-corrected chi connectivity index (χ1v) is 5.05. The summed E-state index contributed by atoms with van der Waals surface area (Å²) in [5, 5.41) is 2.56. The van der Waals surface area contributed by atoms with E-state index in [2.05, 4.69) is 15.3 Å². The van der Waals surface area contributed by atoms with E-state index in [4.69, 9.17) is 0 Å². The van der Waals surface area contributed by atoms with Gasteiger partial charge in [-0.15, -0.1) is 0 Å². The number of halogens is 4. The fraction of sp³-hybridized carbons (Fsp3) is 0.182. The molecule has 2 N–H and O–H groups in total. The molecule has 0 saturated heterocycles. The molecular formula is C11H9F4N3. The zero-order valence-electron chi connectivity index (χ0n) is 9.05. The average Bonchev–Trinajstić information content (AvgIpc) is 2.79. The fourth-order valence-electron chi connectivity index (χ4n) is 1.41. The molecule has 0 aliphatic heterocycles. The van der Waals surface area contributed by atoms with E-state index in [1.807, 2.05) is 0 Å². The van der Waals surface area contributed by atoms with Gasteiger partial charge in [0, 0.05) is 12.4 Å². The Morgan fingerprint density at radius 2 is 2.06 bits per heavy atom. The SMILES string of the molecule is Fc1ccc(C(F)(F)F)cc1NCc1ncc[nH]1. The van der Waals surface area contributed by atoms with Crippen molar-refractivity contribution >= 4 is 5.69 Å². The first-order chi connectivity index (χ1) is 8.47. The standard InChI is InChI=1S/C11H9F4N3/c12-8-2-1-7(11(13,14)15)5-9(8)18-6-10-16-3-4-17-10/h1-5,18H,6H2,(H,16,17). The highest BCUT2D eigenvalue weighted by Crippen LogP contribution is 2.31. The number of nitrogens with zero attached hydrogens (tertiary/aromatic N) is 1. The summed E-state index contributed by atoms with van der Waals surface area (Å²) in [7, 11) is 0. The summed E-state index contributed by atoms with van der Waals surface area (Å²) in [6, 6.07) is 2.22. The summed E-state index contributed by atoms with van der Waals surface area (Å²) in [6.07, 6.45) is -1.42. The Bertz CT molecular complexity index is 520. The molecule has 0 radical (unpaired) electrons. The molecule has 0 saturated carbocycles. The number of rotatable bonds is 3. The maximum Gasteiger partial charge on any atom is 0.416 e. The number of aromatic nitrogens is 2. The van der Waals surface area contributed by atoms with Crippen molar-refractivity contribution in [2.45, 2.75) is 12.7 Å². The molecule has 18 heavy (non-hydrogen) atoms. The van der Waals surface area contributed by atoms with Gasteiger partial charge in [0.1, 0.15) is 11.6 Å². The molecule has 1 aromatic heterocycles. The third-order valence-corrected chi connectivity index (χ3v) is 2.29. The van der Waals surface area contributed by atoms with E-state index < -0.39 is 17.6 Å². The van der Waals surface area contributed by atoms with Crippen LogP contribution in [0.5, 0.6) is 0 Å². The maximum absolute atomic E-state index is 13.3. The normalized spacial score (nSPS) is 11.6. The summed E-state index contributed by atoms with van der Waals surface area (Å²) in [6.45, 7) is 0.116. The Morgan fingerprint density at radius 3 is 2.67 bits per heavy atom. The lowest BCUT2D eigenvalue weighted by molar-refractivity contribution is -0.137. The van der Waals surface area contributed by atoms with Crippen molar-refractivity contribution < 1.29 is 17.6 Å². The van der Waals surface area contributed by atoms with Crippen LogP contribution >= 0.6 is 0 Å². The Kier molecular flexibility index (Phi) is 3.22. The number of aromatic amines is 1. The van der Waals surface area contributed by atoms with Gasteiger partial charge in [-0.3, -0.25) is 0 Å². The van der Waals surface area contributed by atoms with Crippen molar-refractivity contribution in [2.24, 2.45) is 0 Å². The van der Waals surface area contributed by atoms with Crippen molar-refractivity contribution in [1.82, 2.24) is 9.97 Å². The van der Waals surface area contributed by atoms with E-state index in [9.17, 15) is 17.6 Å². The molecule has 1 aromatic carbocycles. The van der Waals surface area contributed by atoms with Gasteiger partial charge in [-0.25, -0.2) is 9.37 Å². The average molecular weight is 259 g/mol. The van der Waals surface area contributed by atoms with Crippen LogP contribution in [0.3, 0.4) is 0 Å². The third-order valence-electron chi connectivity index (χ3n) is 2.29. The summed E-state index contributed by atoms with van der Waals surface area (Å²) in [5.74, 6) is -0.235. The summed E-state index contributed by atoms with van der Waals surface area (Å²) in [5.41, 5.74) is -1.10. The summed E-state index contributed by atoms with van der Waals surface area (Å²) < 4.78 is 50.7. The van der Waals surface area contributed by atoms with E-state index in [0.717, 1.165) is 12.1 Å². The van der Waals surface area contributed by atoms with Crippen LogP contribution in [0.4, 0.5) is 23.2 Å². The van der Waals surface area contributed by atoms with Crippen LogP contribution in [0, 0.1) is 5.82 Å². The van der Waals surface area contributed by atoms with Crippen molar-refractivity contribution in [1.29, 1.82) is 0 Å². The number of anilines is 1. The second kappa shape index (κ2) is 4.67. The van der Waals surface area contributed by atoms with E-state index >= 15 is 0 Å². The van der Waals surface area contributed by atoms with Crippen LogP contribution in [0.25, 0.3) is 0 Å². The van der Waals surface area contributed by atoms with Crippen LogP contribution in [-0.2, 0) is 12.7 Å². The van der Waals surface area contributed by atoms with Crippen molar-refractivity contribution in [3.63, 3.8) is 0 Å². The monoisotopic (exact) mass is 259 g/mol. The topological polar surface area (TPSA) is 40.7 Å². The van der Waals surface area contributed by atoms with E-state index in [-0.39, 0.29) is 12.2 Å². The van der Waals surface area contributed by atoms with Gasteiger partial charge < -0.3 is 10.3 Å². The van der Waals surface area contributed by atoms with E-state index in [0.29, 0.717) is 11.9 Å². The number of H-pyrrole nitrogens is 1. The lowest BCUT2D eigenvalue weighted by atomic mass is 10.2. The molecule has 0 bridgehead atoms. The molecule has 1 heterocycles. The van der Waals surface area contributed by atoms with E-state index in [1.165, 1.54) is 6.20 Å². The highest BCUT2D eigenvalue weighted by atomic mass is 19.4. The Hall–Kier alpha value is -2.05. The van der Waals surface area contributed by atoms with Crippen molar-refractivity contribution in [3.8, 4) is 0 Å². The van der Waals surface area contributed by atoms with Crippen molar-refractivity contribution in [2.75, 3.05) is 5.32 Å². The smallest absolute Gasteiger partial charge is 0.375 e. The number of benzene rings is 1. The number of alkyl halides is 3. The summed E-state index contributed by atoms with van der Waals surface area (Å²) in [4.78, 5) is 6.62. The molecule has 0 fully saturated rings. The molecule has 0 unspecified atom stereocenters. The predicted molar refractivity (Wildman–Crippen MR) is 57.3 cm³/mol. The lowest BCUT2D eigenvalue weighted by Gasteiger charge is -2.10. The molecule has 0 aliphatic rings. The second-order valence-electron chi connectivity index (χ2n) is 3.58. The van der Waals surface area contributed by atoms with Gasteiger partial charge in [-0.2, -0.15) is 13.2 Å². The molecule has 0 aliphatic carbocycles. The van der Waals surface area contributed by atoms with Gasteiger partial charge in [0.2, 0.25) is 0 Å².